The molecule has 2 amide bonds. The van der Waals surface area contributed by atoms with Gasteiger partial charge in [-0.1, -0.05) is 30.1 Å². The van der Waals surface area contributed by atoms with Crippen LogP contribution in [0.5, 0.6) is 0 Å². The van der Waals surface area contributed by atoms with Gasteiger partial charge in [0.15, 0.2) is 5.13 Å². The highest BCUT2D eigenvalue weighted by atomic mass is 35.5. The summed E-state index contributed by atoms with van der Waals surface area (Å²) in [4.78, 5) is 30.0. The van der Waals surface area contributed by atoms with E-state index in [1.807, 2.05) is 19.2 Å². The molecule has 2 rings (SSSR count). The molecule has 0 atom stereocenters. The van der Waals surface area contributed by atoms with Crippen LogP contribution in [0.2, 0.25) is 10.0 Å². The summed E-state index contributed by atoms with van der Waals surface area (Å²) in [6.45, 7) is 5.21. The number of benzene rings is 1. The summed E-state index contributed by atoms with van der Waals surface area (Å²) < 4.78 is 0. The smallest absolute Gasteiger partial charge is 0.240 e. The fraction of sp³-hybridized carbons (Fsp3) is 0.353. The van der Waals surface area contributed by atoms with E-state index in [9.17, 15) is 9.59 Å². The molecule has 0 saturated carbocycles. The average molecular weight is 415 g/mol. The third-order valence-corrected chi connectivity index (χ3v) is 4.82. The van der Waals surface area contributed by atoms with E-state index in [-0.39, 0.29) is 24.9 Å². The van der Waals surface area contributed by atoms with Crippen molar-refractivity contribution >= 4 is 51.5 Å². The largest absolute Gasteiger partial charge is 0.355 e. The number of halogens is 2. The molecule has 2 aromatic rings. The van der Waals surface area contributed by atoms with E-state index in [4.69, 9.17) is 23.2 Å². The van der Waals surface area contributed by atoms with Gasteiger partial charge in [0.1, 0.15) is 0 Å². The molecule has 0 aliphatic heterocycles. The molecule has 1 heterocycles. The second kappa shape index (κ2) is 9.87. The van der Waals surface area contributed by atoms with Gasteiger partial charge < -0.3 is 10.6 Å². The van der Waals surface area contributed by atoms with Gasteiger partial charge in [0, 0.05) is 22.5 Å². The molecule has 0 fully saturated rings. The maximum atomic E-state index is 12.2. The predicted molar refractivity (Wildman–Crippen MR) is 107 cm³/mol. The Morgan fingerprint density at radius 2 is 1.92 bits per heavy atom. The molecule has 0 spiro atoms. The van der Waals surface area contributed by atoms with Crippen molar-refractivity contribution in [1.82, 2.24) is 15.2 Å². The maximum absolute atomic E-state index is 12.2. The molecule has 9 heteroatoms. The summed E-state index contributed by atoms with van der Waals surface area (Å²) in [6, 6.07) is 5.17. The highest BCUT2D eigenvalue weighted by molar-refractivity contribution is 7.14. The fourth-order valence-corrected chi connectivity index (χ4v) is 3.48. The molecule has 1 aromatic heterocycles. The molecule has 26 heavy (non-hydrogen) atoms. The van der Waals surface area contributed by atoms with Gasteiger partial charge in [-0.2, -0.15) is 0 Å². The van der Waals surface area contributed by atoms with Crippen molar-refractivity contribution < 1.29 is 9.59 Å². The Hall–Kier alpha value is -1.67. The predicted octanol–water partition coefficient (Wildman–Crippen LogP) is 3.51. The Bertz CT molecular complexity index is 782. The minimum Gasteiger partial charge on any atom is -0.355 e. The lowest BCUT2D eigenvalue weighted by Crippen LogP contribution is -2.40. The number of likely N-dealkylation sites (N-methyl/N-ethyl adjacent to an activating group) is 2. The van der Waals surface area contributed by atoms with Crippen molar-refractivity contribution in [2.24, 2.45) is 0 Å². The summed E-state index contributed by atoms with van der Waals surface area (Å²) in [6.07, 6.45) is 0. The number of thiazole rings is 1. The van der Waals surface area contributed by atoms with Crippen LogP contribution in [0.1, 0.15) is 13.8 Å². The van der Waals surface area contributed by atoms with Crippen molar-refractivity contribution in [2.75, 3.05) is 31.5 Å². The van der Waals surface area contributed by atoms with E-state index in [0.29, 0.717) is 34.0 Å². The second-order valence-corrected chi connectivity index (χ2v) is 7.17. The summed E-state index contributed by atoms with van der Waals surface area (Å²) in [5, 5.41) is 8.82. The van der Waals surface area contributed by atoms with E-state index in [0.717, 1.165) is 5.56 Å². The Labute approximate surface area is 166 Å². The quantitative estimate of drug-likeness (QED) is 0.692. The average Bonchev–Trinajstić information content (AvgIpc) is 3.02. The fourth-order valence-electron chi connectivity index (χ4n) is 2.25. The van der Waals surface area contributed by atoms with E-state index in [2.05, 4.69) is 15.6 Å². The van der Waals surface area contributed by atoms with Gasteiger partial charge in [0.25, 0.3) is 0 Å². The van der Waals surface area contributed by atoms with Gasteiger partial charge in [0.05, 0.1) is 23.8 Å². The standard InChI is InChI=1S/C17H20Cl2N4O2S/c1-3-20-15(24)8-23(4-2)9-16(25)22-17-21-14(10-26-17)12-6-5-11(18)7-13(12)19/h5-7,10H,3-4,8-9H2,1-2H3,(H,20,24)(H,21,22,25). The molecule has 0 aliphatic carbocycles. The molecule has 0 radical (unpaired) electrons. The molecule has 2 N–H and O–H groups in total. The zero-order chi connectivity index (χ0) is 19.1. The molecule has 0 bridgehead atoms. The number of nitrogens with zero attached hydrogens (tertiary/aromatic N) is 2. The van der Waals surface area contributed by atoms with Gasteiger partial charge in [-0.05, 0) is 31.7 Å². The van der Waals surface area contributed by atoms with Crippen LogP contribution < -0.4 is 10.6 Å². The second-order valence-electron chi connectivity index (χ2n) is 5.47. The molecule has 0 aliphatic rings. The van der Waals surface area contributed by atoms with Crippen molar-refractivity contribution in [2.45, 2.75) is 13.8 Å². The highest BCUT2D eigenvalue weighted by Crippen LogP contribution is 2.32. The molecule has 0 unspecified atom stereocenters. The van der Waals surface area contributed by atoms with Crippen molar-refractivity contribution in [3.63, 3.8) is 0 Å². The number of anilines is 1. The third kappa shape index (κ3) is 5.95. The van der Waals surface area contributed by atoms with E-state index >= 15 is 0 Å². The van der Waals surface area contributed by atoms with Gasteiger partial charge in [-0.3, -0.25) is 14.5 Å². The first-order valence-corrected chi connectivity index (χ1v) is 9.76. The molecule has 140 valence electrons. The number of aromatic nitrogens is 1. The summed E-state index contributed by atoms with van der Waals surface area (Å²) in [7, 11) is 0. The van der Waals surface area contributed by atoms with Gasteiger partial charge >= 0.3 is 0 Å². The number of rotatable bonds is 8. The van der Waals surface area contributed by atoms with Gasteiger partial charge in [-0.15, -0.1) is 11.3 Å². The minimum absolute atomic E-state index is 0.101. The number of amides is 2. The monoisotopic (exact) mass is 414 g/mol. The SMILES string of the molecule is CCNC(=O)CN(CC)CC(=O)Nc1nc(-c2ccc(Cl)cc2Cl)cs1. The number of nitrogens with one attached hydrogen (secondary N) is 2. The molecule has 0 saturated heterocycles. The topological polar surface area (TPSA) is 74.3 Å². The van der Waals surface area contributed by atoms with Crippen LogP contribution in [0, 0.1) is 0 Å². The normalized spacial score (nSPS) is 10.8. The van der Waals surface area contributed by atoms with Gasteiger partial charge in [-0.25, -0.2) is 4.98 Å². The first-order valence-electron chi connectivity index (χ1n) is 8.12. The van der Waals surface area contributed by atoms with Crippen molar-refractivity contribution in [1.29, 1.82) is 0 Å². The lowest BCUT2D eigenvalue weighted by Gasteiger charge is -2.18. The highest BCUT2D eigenvalue weighted by Gasteiger charge is 2.15. The van der Waals surface area contributed by atoms with Crippen LogP contribution in [0.15, 0.2) is 23.6 Å². The van der Waals surface area contributed by atoms with Gasteiger partial charge in [0.2, 0.25) is 11.8 Å². The van der Waals surface area contributed by atoms with E-state index in [1.165, 1.54) is 11.3 Å². The summed E-state index contributed by atoms with van der Waals surface area (Å²) in [5.41, 5.74) is 1.42. The molecule has 1 aromatic carbocycles. The minimum atomic E-state index is -0.223. The molecular weight excluding hydrogens is 395 g/mol. The number of carbonyl (C=O) groups is 2. The summed E-state index contributed by atoms with van der Waals surface area (Å²) >= 11 is 13.4. The first kappa shape index (κ1) is 20.6. The third-order valence-electron chi connectivity index (χ3n) is 3.51. The Balaban J connectivity index is 1.97. The lowest BCUT2D eigenvalue weighted by molar-refractivity contribution is -0.123. The van der Waals surface area contributed by atoms with Crippen molar-refractivity contribution in [3.05, 3.63) is 33.6 Å². The van der Waals surface area contributed by atoms with Crippen LogP contribution in [0.4, 0.5) is 5.13 Å². The van der Waals surface area contributed by atoms with Crippen LogP contribution in [0.3, 0.4) is 0 Å². The molecule has 6 nitrogen and oxygen atoms in total. The van der Waals surface area contributed by atoms with E-state index < -0.39 is 0 Å². The Morgan fingerprint density at radius 1 is 1.19 bits per heavy atom. The first-order chi connectivity index (χ1) is 12.4. The molecular formula is C17H20Cl2N4O2S. The van der Waals surface area contributed by atoms with Crippen molar-refractivity contribution in [3.8, 4) is 11.3 Å². The lowest BCUT2D eigenvalue weighted by atomic mass is 10.2. The summed E-state index contributed by atoms with van der Waals surface area (Å²) in [5.74, 6) is -0.324. The maximum Gasteiger partial charge on any atom is 0.240 e. The Kier molecular flexibility index (Phi) is 7.84. The number of carbonyl (C=O) groups excluding carboxylic acids is 2. The Morgan fingerprint density at radius 3 is 2.58 bits per heavy atom. The van der Waals surface area contributed by atoms with E-state index in [1.54, 1.807) is 23.1 Å². The zero-order valence-corrected chi connectivity index (χ0v) is 16.8. The van der Waals surface area contributed by atoms with Crippen LogP contribution >= 0.6 is 34.5 Å². The van der Waals surface area contributed by atoms with Crippen LogP contribution in [-0.2, 0) is 9.59 Å². The van der Waals surface area contributed by atoms with Crippen LogP contribution in [0.25, 0.3) is 11.3 Å². The number of hydrogen-bond donors (Lipinski definition) is 2. The van der Waals surface area contributed by atoms with Crippen LogP contribution in [-0.4, -0.2) is 47.9 Å². The number of hydrogen-bond acceptors (Lipinski definition) is 5. The zero-order valence-electron chi connectivity index (χ0n) is 14.5.